The topological polar surface area (TPSA) is 61.2 Å². The van der Waals surface area contributed by atoms with E-state index in [-0.39, 0.29) is 30.0 Å². The molecule has 7 heteroatoms. The number of hydrogen-bond acceptors (Lipinski definition) is 4. The van der Waals surface area contributed by atoms with Gasteiger partial charge in [-0.05, 0) is 24.5 Å². The van der Waals surface area contributed by atoms with Gasteiger partial charge in [0.2, 0.25) is 5.56 Å². The lowest BCUT2D eigenvalue weighted by Gasteiger charge is -2.12. The zero-order chi connectivity index (χ0) is 15.4. The fourth-order valence-corrected chi connectivity index (χ4v) is 1.85. The Morgan fingerprint density at radius 3 is 2.81 bits per heavy atom. The predicted octanol–water partition coefficient (Wildman–Crippen LogP) is 0.406. The Kier molecular flexibility index (Phi) is 4.52. The first-order valence-corrected chi connectivity index (χ1v) is 6.30. The fourth-order valence-electron chi connectivity index (χ4n) is 1.85. The largest absolute Gasteiger partial charge is 0.465 e. The van der Waals surface area contributed by atoms with Crippen LogP contribution < -0.4 is 11.0 Å². The summed E-state index contributed by atoms with van der Waals surface area (Å²) < 4.78 is 19.7. The molecule has 0 saturated carbocycles. The van der Waals surface area contributed by atoms with E-state index in [1.54, 1.807) is 13.0 Å². The van der Waals surface area contributed by atoms with Gasteiger partial charge < -0.3 is 4.74 Å². The second-order valence-corrected chi connectivity index (χ2v) is 4.21. The number of carbonyl (C=O) groups is 1. The van der Waals surface area contributed by atoms with Crippen molar-refractivity contribution in [1.82, 2.24) is 9.55 Å². The van der Waals surface area contributed by atoms with Gasteiger partial charge in [-0.1, -0.05) is 12.1 Å². The number of ether oxygens (including phenoxy) is 1. The maximum absolute atomic E-state index is 13.9. The first-order valence-electron chi connectivity index (χ1n) is 6.30. The van der Waals surface area contributed by atoms with Crippen molar-refractivity contribution in [3.05, 3.63) is 46.6 Å². The molecule has 0 amide bonds. The minimum Gasteiger partial charge on any atom is -0.465 e. The van der Waals surface area contributed by atoms with E-state index >= 15 is 0 Å². The van der Waals surface area contributed by atoms with Gasteiger partial charge in [0, 0.05) is 6.20 Å². The van der Waals surface area contributed by atoms with Gasteiger partial charge in [0.1, 0.15) is 26.0 Å². The zero-order valence-corrected chi connectivity index (χ0v) is 11.4. The molecule has 106 valence electrons. The number of aromatic nitrogens is 2. The number of halogens is 1. The molecule has 0 aliphatic heterocycles. The lowest BCUT2D eigenvalue weighted by molar-refractivity contribution is -0.143. The first kappa shape index (κ1) is 15.0. The van der Waals surface area contributed by atoms with Crippen LogP contribution in [0.15, 0.2) is 35.3 Å². The van der Waals surface area contributed by atoms with Crippen molar-refractivity contribution < 1.29 is 13.9 Å². The van der Waals surface area contributed by atoms with Crippen LogP contribution in [0.25, 0.3) is 11.4 Å². The normalized spacial score (nSPS) is 10.4. The molecule has 0 aliphatic rings. The molecular weight excluding hydrogens is 274 g/mol. The fraction of sp³-hybridized carbons (Fsp3) is 0.214. The third-order valence-corrected chi connectivity index (χ3v) is 2.78. The Bertz CT molecular complexity index is 730. The maximum Gasteiger partial charge on any atom is 0.326 e. The molecule has 5 nitrogen and oxygen atoms in total. The van der Waals surface area contributed by atoms with Crippen molar-refractivity contribution in [3.8, 4) is 11.4 Å². The molecule has 1 aromatic heterocycles. The smallest absolute Gasteiger partial charge is 0.326 e. The highest BCUT2D eigenvalue weighted by Gasteiger charge is 2.16. The molecule has 0 bridgehead atoms. The molecule has 0 saturated heterocycles. The van der Waals surface area contributed by atoms with Crippen molar-refractivity contribution in [2.24, 2.45) is 0 Å². The summed E-state index contributed by atoms with van der Waals surface area (Å²) >= 11 is 0. The molecule has 0 spiro atoms. The van der Waals surface area contributed by atoms with Gasteiger partial charge in [0.05, 0.1) is 12.2 Å². The Hall–Kier alpha value is -2.44. The average molecular weight is 286 g/mol. The van der Waals surface area contributed by atoms with Gasteiger partial charge in [-0.2, -0.15) is 0 Å². The average Bonchev–Trinajstić information content (AvgIpc) is 2.45. The van der Waals surface area contributed by atoms with E-state index in [4.69, 9.17) is 12.6 Å². The lowest BCUT2D eigenvalue weighted by Crippen LogP contribution is -2.38. The van der Waals surface area contributed by atoms with Crippen LogP contribution in [0.1, 0.15) is 6.92 Å². The third-order valence-electron chi connectivity index (χ3n) is 2.78. The van der Waals surface area contributed by atoms with Crippen LogP contribution >= 0.6 is 0 Å². The second-order valence-electron chi connectivity index (χ2n) is 4.21. The number of nitrogens with zero attached hydrogens (tertiary/aromatic N) is 2. The summed E-state index contributed by atoms with van der Waals surface area (Å²) in [4.78, 5) is 27.7. The Balaban J connectivity index is 2.57. The number of esters is 1. The third kappa shape index (κ3) is 3.18. The summed E-state index contributed by atoms with van der Waals surface area (Å²) in [7, 11) is 5.51. The minimum atomic E-state index is -0.621. The molecule has 1 heterocycles. The number of carbonyl (C=O) groups excluding carboxylic acids is 1. The number of hydrogen-bond donors (Lipinski definition) is 0. The summed E-state index contributed by atoms with van der Waals surface area (Å²) in [6.07, 6.45) is 1.14. The van der Waals surface area contributed by atoms with E-state index in [1.807, 2.05) is 0 Å². The van der Waals surface area contributed by atoms with Crippen LogP contribution in [-0.2, 0) is 16.1 Å². The van der Waals surface area contributed by atoms with Crippen molar-refractivity contribution in [1.29, 1.82) is 0 Å². The Morgan fingerprint density at radius 1 is 1.43 bits per heavy atom. The highest BCUT2D eigenvalue weighted by Crippen LogP contribution is 2.18. The predicted molar refractivity (Wildman–Crippen MR) is 75.9 cm³/mol. The molecular formula is C14H12BFN2O3. The van der Waals surface area contributed by atoms with E-state index in [0.717, 1.165) is 10.8 Å². The number of benzene rings is 1. The molecule has 1 aromatic carbocycles. The van der Waals surface area contributed by atoms with Crippen LogP contribution in [-0.4, -0.2) is 30.0 Å². The quantitative estimate of drug-likeness (QED) is 0.603. The van der Waals surface area contributed by atoms with Crippen molar-refractivity contribution in [2.45, 2.75) is 13.5 Å². The summed E-state index contributed by atoms with van der Waals surface area (Å²) in [5, 5.41) is 0. The van der Waals surface area contributed by atoms with Gasteiger partial charge in [0.15, 0.2) is 0 Å². The molecule has 2 radical (unpaired) electrons. The molecule has 21 heavy (non-hydrogen) atoms. The first-order chi connectivity index (χ1) is 10.0. The number of rotatable bonds is 4. The Labute approximate surface area is 121 Å². The zero-order valence-electron chi connectivity index (χ0n) is 11.4. The monoisotopic (exact) mass is 286 g/mol. The van der Waals surface area contributed by atoms with Gasteiger partial charge in [-0.15, -0.1) is 0 Å². The van der Waals surface area contributed by atoms with E-state index in [2.05, 4.69) is 4.98 Å². The van der Waals surface area contributed by atoms with Gasteiger partial charge in [-0.3, -0.25) is 14.2 Å². The molecule has 0 unspecified atom stereocenters. The Morgan fingerprint density at radius 2 is 2.14 bits per heavy atom. The molecule has 0 aliphatic carbocycles. The van der Waals surface area contributed by atoms with E-state index in [0.29, 0.717) is 0 Å². The summed E-state index contributed by atoms with van der Waals surface area (Å²) in [6, 6.07) is 5.83. The van der Waals surface area contributed by atoms with Crippen molar-refractivity contribution in [2.75, 3.05) is 6.61 Å². The van der Waals surface area contributed by atoms with Gasteiger partial charge in [-0.25, -0.2) is 9.37 Å². The van der Waals surface area contributed by atoms with E-state index in [9.17, 15) is 14.0 Å². The van der Waals surface area contributed by atoms with Gasteiger partial charge in [0.25, 0.3) is 0 Å². The molecule has 0 fully saturated rings. The summed E-state index contributed by atoms with van der Waals surface area (Å²) in [6.45, 7) is 1.45. The molecule has 2 aromatic rings. The minimum absolute atomic E-state index is 0.0281. The highest BCUT2D eigenvalue weighted by molar-refractivity contribution is 6.31. The SMILES string of the molecule is [B]c1cnc(-c2ccccc2F)n(CC(=O)OCC)c1=O. The van der Waals surface area contributed by atoms with Crippen LogP contribution in [0.5, 0.6) is 0 Å². The van der Waals surface area contributed by atoms with Crippen LogP contribution in [0, 0.1) is 5.82 Å². The molecule has 0 N–H and O–H groups in total. The van der Waals surface area contributed by atoms with Crippen molar-refractivity contribution in [3.63, 3.8) is 0 Å². The van der Waals surface area contributed by atoms with Crippen LogP contribution in [0.2, 0.25) is 0 Å². The van der Waals surface area contributed by atoms with E-state index in [1.165, 1.54) is 18.2 Å². The lowest BCUT2D eigenvalue weighted by atomic mass is 10.00. The highest BCUT2D eigenvalue weighted by atomic mass is 19.1. The summed E-state index contributed by atoms with van der Waals surface area (Å²) in [5.74, 6) is -1.14. The van der Waals surface area contributed by atoms with Crippen LogP contribution in [0.4, 0.5) is 4.39 Å². The summed E-state index contributed by atoms with van der Waals surface area (Å²) in [5.41, 5.74) is -0.630. The molecule has 2 rings (SSSR count). The molecule has 0 atom stereocenters. The van der Waals surface area contributed by atoms with E-state index < -0.39 is 17.3 Å². The standard InChI is InChI=1S/C14H12BFN2O3/c1-2-21-12(19)8-18-13(17-7-10(15)14(18)20)9-5-3-4-6-11(9)16/h3-7H,2,8H2,1H3. The van der Waals surface area contributed by atoms with Crippen molar-refractivity contribution >= 4 is 19.3 Å². The maximum atomic E-state index is 13.9. The second kappa shape index (κ2) is 6.34. The van der Waals surface area contributed by atoms with Gasteiger partial charge >= 0.3 is 5.97 Å². The van der Waals surface area contributed by atoms with Crippen LogP contribution in [0.3, 0.4) is 0 Å².